The second-order valence-electron chi connectivity index (χ2n) is 5.58. The Morgan fingerprint density at radius 3 is 2.05 bits per heavy atom. The molecule has 0 aliphatic rings. The maximum absolute atomic E-state index is 10.7. The van der Waals surface area contributed by atoms with Crippen LogP contribution in [0.1, 0.15) is 68.1 Å². The number of carboxylic acid groups (broad SMARTS) is 1. The molecule has 0 amide bonds. The molecule has 0 atom stereocenters. The van der Waals surface area contributed by atoms with Gasteiger partial charge in [0.05, 0.1) is 12.2 Å². The molecule has 122 valence electrons. The fourth-order valence-corrected chi connectivity index (χ4v) is 2.34. The molecule has 0 saturated carbocycles. The lowest BCUT2D eigenvalue weighted by Crippen LogP contribution is -1.99. The Morgan fingerprint density at radius 2 is 1.50 bits per heavy atom. The van der Waals surface area contributed by atoms with Gasteiger partial charge in [-0.05, 0) is 43.5 Å². The van der Waals surface area contributed by atoms with Crippen LogP contribution in [0, 0.1) is 0 Å². The Morgan fingerprint density at radius 1 is 0.955 bits per heavy atom. The maximum atomic E-state index is 10.7. The molecule has 0 unspecified atom stereocenters. The molecule has 0 spiro atoms. The number of carboxylic acids is 1. The highest BCUT2D eigenvalue weighted by molar-refractivity contribution is 5.87. The molecule has 1 aromatic rings. The van der Waals surface area contributed by atoms with Crippen molar-refractivity contribution in [1.82, 2.24) is 0 Å². The van der Waals surface area contributed by atoms with Crippen molar-refractivity contribution in [2.24, 2.45) is 0 Å². The van der Waals surface area contributed by atoms with Gasteiger partial charge in [0, 0.05) is 0 Å². The Hall–Kier alpha value is -1.77. The van der Waals surface area contributed by atoms with Crippen molar-refractivity contribution in [3.63, 3.8) is 0 Å². The van der Waals surface area contributed by atoms with Crippen LogP contribution in [0.5, 0.6) is 5.75 Å². The van der Waals surface area contributed by atoms with Gasteiger partial charge >= 0.3 is 5.97 Å². The van der Waals surface area contributed by atoms with Crippen LogP contribution in [0.25, 0.3) is 0 Å². The fourth-order valence-electron chi connectivity index (χ4n) is 2.34. The van der Waals surface area contributed by atoms with E-state index in [2.05, 4.69) is 6.58 Å². The van der Waals surface area contributed by atoms with E-state index in [9.17, 15) is 4.79 Å². The van der Waals surface area contributed by atoms with Gasteiger partial charge in [-0.25, -0.2) is 4.79 Å². The molecule has 0 aliphatic heterocycles. The second-order valence-corrected chi connectivity index (χ2v) is 5.58. The first-order valence-electron chi connectivity index (χ1n) is 8.31. The monoisotopic (exact) mass is 304 g/mol. The van der Waals surface area contributed by atoms with Crippen molar-refractivity contribution in [1.29, 1.82) is 0 Å². The second kappa shape index (κ2) is 11.8. The lowest BCUT2D eigenvalue weighted by molar-refractivity contribution is 0.0697. The summed E-state index contributed by atoms with van der Waals surface area (Å²) < 4.78 is 5.61. The van der Waals surface area contributed by atoms with Gasteiger partial charge in [-0.2, -0.15) is 0 Å². The van der Waals surface area contributed by atoms with E-state index in [-0.39, 0.29) is 0 Å². The van der Waals surface area contributed by atoms with Crippen molar-refractivity contribution in [3.8, 4) is 5.75 Å². The molecular formula is C19H28O3. The summed E-state index contributed by atoms with van der Waals surface area (Å²) in [5.41, 5.74) is 0.292. The summed E-state index contributed by atoms with van der Waals surface area (Å²) >= 11 is 0. The highest BCUT2D eigenvalue weighted by atomic mass is 16.5. The third kappa shape index (κ3) is 8.50. The lowest BCUT2D eigenvalue weighted by Gasteiger charge is -2.06. The Bertz CT molecular complexity index is 423. The zero-order chi connectivity index (χ0) is 16.0. The minimum Gasteiger partial charge on any atom is -0.494 e. The average molecular weight is 304 g/mol. The van der Waals surface area contributed by atoms with Gasteiger partial charge in [-0.3, -0.25) is 0 Å². The highest BCUT2D eigenvalue weighted by Gasteiger charge is 2.01. The summed E-state index contributed by atoms with van der Waals surface area (Å²) in [7, 11) is 0. The summed E-state index contributed by atoms with van der Waals surface area (Å²) in [6.45, 7) is 4.43. The van der Waals surface area contributed by atoms with Crippen LogP contribution in [0.15, 0.2) is 36.9 Å². The van der Waals surface area contributed by atoms with Crippen molar-refractivity contribution >= 4 is 5.97 Å². The molecule has 1 aromatic carbocycles. The molecule has 0 aliphatic carbocycles. The van der Waals surface area contributed by atoms with Gasteiger partial charge < -0.3 is 9.84 Å². The number of allylic oxidation sites excluding steroid dienone is 1. The molecule has 3 heteroatoms. The van der Waals surface area contributed by atoms with E-state index in [0.29, 0.717) is 12.2 Å². The molecule has 0 heterocycles. The van der Waals surface area contributed by atoms with Crippen LogP contribution >= 0.6 is 0 Å². The smallest absolute Gasteiger partial charge is 0.335 e. The van der Waals surface area contributed by atoms with Crippen LogP contribution in [-0.2, 0) is 0 Å². The molecule has 1 N–H and O–H groups in total. The summed E-state index contributed by atoms with van der Waals surface area (Å²) in [6, 6.07) is 6.58. The molecular weight excluding hydrogens is 276 g/mol. The SMILES string of the molecule is C=CCCCCCCCCCCOc1ccc(C(=O)O)cc1. The van der Waals surface area contributed by atoms with Crippen LogP contribution in [0.2, 0.25) is 0 Å². The van der Waals surface area contributed by atoms with Gasteiger partial charge in [0.1, 0.15) is 5.75 Å². The quantitative estimate of drug-likeness (QED) is 0.389. The maximum Gasteiger partial charge on any atom is 0.335 e. The third-order valence-corrected chi connectivity index (χ3v) is 3.67. The molecule has 22 heavy (non-hydrogen) atoms. The molecule has 3 nitrogen and oxygen atoms in total. The molecule has 0 radical (unpaired) electrons. The van der Waals surface area contributed by atoms with E-state index in [4.69, 9.17) is 9.84 Å². The minimum absolute atomic E-state index is 0.292. The van der Waals surface area contributed by atoms with Crippen molar-refractivity contribution in [2.75, 3.05) is 6.61 Å². The van der Waals surface area contributed by atoms with E-state index in [1.165, 1.54) is 44.9 Å². The van der Waals surface area contributed by atoms with E-state index in [0.717, 1.165) is 18.6 Å². The Balaban J connectivity index is 1.95. The topological polar surface area (TPSA) is 46.5 Å². The first kappa shape index (κ1) is 18.3. The van der Waals surface area contributed by atoms with Crippen LogP contribution in [0.4, 0.5) is 0 Å². The molecule has 0 bridgehead atoms. The fraction of sp³-hybridized carbons (Fsp3) is 0.526. The Labute approximate surface area is 134 Å². The van der Waals surface area contributed by atoms with Gasteiger partial charge in [0.15, 0.2) is 0 Å². The number of rotatable bonds is 13. The number of ether oxygens (including phenoxy) is 1. The molecule has 1 rings (SSSR count). The van der Waals surface area contributed by atoms with Gasteiger partial charge in [0.25, 0.3) is 0 Å². The summed E-state index contributed by atoms with van der Waals surface area (Å²) in [5, 5.41) is 8.81. The number of benzene rings is 1. The zero-order valence-electron chi connectivity index (χ0n) is 13.4. The van der Waals surface area contributed by atoms with E-state index >= 15 is 0 Å². The molecule has 0 saturated heterocycles. The summed E-state index contributed by atoms with van der Waals surface area (Å²) in [4.78, 5) is 10.7. The third-order valence-electron chi connectivity index (χ3n) is 3.67. The van der Waals surface area contributed by atoms with Crippen molar-refractivity contribution in [2.45, 2.75) is 57.8 Å². The normalized spacial score (nSPS) is 10.4. The first-order valence-corrected chi connectivity index (χ1v) is 8.31. The highest BCUT2D eigenvalue weighted by Crippen LogP contribution is 2.14. The van der Waals surface area contributed by atoms with E-state index in [1.54, 1.807) is 24.3 Å². The molecule has 0 fully saturated rings. The van der Waals surface area contributed by atoms with E-state index in [1.807, 2.05) is 6.08 Å². The predicted octanol–water partition coefficient (Wildman–Crippen LogP) is 5.46. The summed E-state index contributed by atoms with van der Waals surface area (Å²) in [5.74, 6) is -0.164. The van der Waals surface area contributed by atoms with Gasteiger partial charge in [-0.15, -0.1) is 6.58 Å². The zero-order valence-corrected chi connectivity index (χ0v) is 13.4. The number of aromatic carboxylic acids is 1. The Kier molecular flexibility index (Phi) is 9.84. The lowest BCUT2D eigenvalue weighted by atomic mass is 10.1. The van der Waals surface area contributed by atoms with Crippen LogP contribution < -0.4 is 4.74 Å². The van der Waals surface area contributed by atoms with E-state index < -0.39 is 5.97 Å². The van der Waals surface area contributed by atoms with Crippen LogP contribution in [0.3, 0.4) is 0 Å². The van der Waals surface area contributed by atoms with Gasteiger partial charge in [0.2, 0.25) is 0 Å². The van der Waals surface area contributed by atoms with Crippen molar-refractivity contribution < 1.29 is 14.6 Å². The summed E-state index contributed by atoms with van der Waals surface area (Å²) in [6.07, 6.45) is 13.2. The van der Waals surface area contributed by atoms with Crippen molar-refractivity contribution in [3.05, 3.63) is 42.5 Å². The number of unbranched alkanes of at least 4 members (excludes halogenated alkanes) is 8. The van der Waals surface area contributed by atoms with Gasteiger partial charge in [-0.1, -0.05) is 44.6 Å². The largest absolute Gasteiger partial charge is 0.494 e. The number of hydrogen-bond donors (Lipinski definition) is 1. The number of hydrogen-bond acceptors (Lipinski definition) is 2. The first-order chi connectivity index (χ1) is 10.7. The predicted molar refractivity (Wildman–Crippen MR) is 90.6 cm³/mol. The van der Waals surface area contributed by atoms with Crippen LogP contribution in [-0.4, -0.2) is 17.7 Å². The number of carbonyl (C=O) groups is 1. The standard InChI is InChI=1S/C19H28O3/c1-2-3-4-5-6-7-8-9-10-11-16-22-18-14-12-17(13-15-18)19(20)21/h2,12-15H,1,3-11,16H2,(H,20,21). The minimum atomic E-state index is -0.906. The molecule has 0 aromatic heterocycles. The average Bonchev–Trinajstić information content (AvgIpc) is 2.53.